The van der Waals surface area contributed by atoms with Crippen molar-refractivity contribution >= 4 is 10.0 Å². The molecule has 0 saturated heterocycles. The Hall–Kier alpha value is -0.130. The van der Waals surface area contributed by atoms with Gasteiger partial charge in [-0.05, 0) is 25.2 Å². The van der Waals surface area contributed by atoms with Crippen molar-refractivity contribution in [3.8, 4) is 0 Å². The average Bonchev–Trinajstić information content (AvgIpc) is 1.99. The Bertz CT molecular complexity index is 266. The largest absolute Gasteiger partial charge is 0.328 e. The van der Waals surface area contributed by atoms with Gasteiger partial charge in [0.1, 0.15) is 0 Å². The third-order valence-electron chi connectivity index (χ3n) is 2.04. The summed E-state index contributed by atoms with van der Waals surface area (Å²) in [6.07, 6.45) is 1.34. The summed E-state index contributed by atoms with van der Waals surface area (Å²) in [4.78, 5) is 0. The van der Waals surface area contributed by atoms with E-state index in [1.54, 1.807) is 0 Å². The molecule has 0 saturated carbocycles. The van der Waals surface area contributed by atoms with E-state index in [1.807, 2.05) is 27.7 Å². The Morgan fingerprint density at radius 3 is 2.27 bits per heavy atom. The van der Waals surface area contributed by atoms with Gasteiger partial charge < -0.3 is 5.73 Å². The Kier molecular flexibility index (Phi) is 5.77. The fraction of sp³-hybridized carbons (Fsp3) is 1.00. The summed E-state index contributed by atoms with van der Waals surface area (Å²) in [5.41, 5.74) is 5.58. The maximum Gasteiger partial charge on any atom is 0.211 e. The minimum atomic E-state index is -3.12. The lowest BCUT2D eigenvalue weighted by molar-refractivity contribution is 0.396. The van der Waals surface area contributed by atoms with Crippen LogP contribution in [0.25, 0.3) is 0 Å². The maximum absolute atomic E-state index is 11.5. The van der Waals surface area contributed by atoms with Gasteiger partial charge in [0.2, 0.25) is 10.0 Å². The molecule has 0 aromatic carbocycles. The molecule has 1 atom stereocenters. The maximum atomic E-state index is 11.5. The van der Waals surface area contributed by atoms with Gasteiger partial charge in [0.25, 0.3) is 0 Å². The molecule has 4 nitrogen and oxygen atoms in total. The number of sulfonamides is 1. The molecule has 0 aromatic heterocycles. The van der Waals surface area contributed by atoms with Crippen molar-refractivity contribution in [1.29, 1.82) is 0 Å². The third kappa shape index (κ3) is 10.2. The van der Waals surface area contributed by atoms with E-state index in [-0.39, 0.29) is 17.2 Å². The highest BCUT2D eigenvalue weighted by Gasteiger charge is 2.16. The highest BCUT2D eigenvalue weighted by molar-refractivity contribution is 7.89. The SMILES string of the molecule is C[C@H](N)CCNS(=O)(=O)CCC(C)(C)C. The van der Waals surface area contributed by atoms with Crippen LogP contribution in [0.5, 0.6) is 0 Å². The minimum Gasteiger partial charge on any atom is -0.328 e. The Balaban J connectivity index is 3.89. The predicted molar refractivity (Wildman–Crippen MR) is 64.1 cm³/mol. The van der Waals surface area contributed by atoms with Crippen LogP contribution in [-0.4, -0.2) is 26.8 Å². The lowest BCUT2D eigenvalue weighted by atomic mass is 9.94. The topological polar surface area (TPSA) is 72.2 Å². The second kappa shape index (κ2) is 5.82. The number of rotatable bonds is 6. The van der Waals surface area contributed by atoms with Gasteiger partial charge in [-0.1, -0.05) is 20.8 Å². The molecule has 0 aliphatic heterocycles. The van der Waals surface area contributed by atoms with Crippen LogP contribution in [-0.2, 0) is 10.0 Å². The Labute approximate surface area is 93.7 Å². The molecule has 0 spiro atoms. The molecular formula is C10H24N2O2S. The highest BCUT2D eigenvalue weighted by Crippen LogP contribution is 2.18. The van der Waals surface area contributed by atoms with Gasteiger partial charge in [0.05, 0.1) is 5.75 Å². The van der Waals surface area contributed by atoms with Crippen molar-refractivity contribution in [2.75, 3.05) is 12.3 Å². The van der Waals surface area contributed by atoms with Crippen molar-refractivity contribution < 1.29 is 8.42 Å². The van der Waals surface area contributed by atoms with Crippen LogP contribution in [0.4, 0.5) is 0 Å². The van der Waals surface area contributed by atoms with Crippen LogP contribution < -0.4 is 10.5 Å². The van der Waals surface area contributed by atoms with Crippen LogP contribution >= 0.6 is 0 Å². The summed E-state index contributed by atoms with van der Waals surface area (Å²) in [6.45, 7) is 8.40. The summed E-state index contributed by atoms with van der Waals surface area (Å²) < 4.78 is 25.6. The van der Waals surface area contributed by atoms with E-state index in [4.69, 9.17) is 5.73 Å². The molecule has 0 fully saturated rings. The number of nitrogens with one attached hydrogen (secondary N) is 1. The van der Waals surface area contributed by atoms with Crippen LogP contribution in [0.3, 0.4) is 0 Å². The first kappa shape index (κ1) is 14.9. The predicted octanol–water partition coefficient (Wildman–Crippen LogP) is 1.08. The molecule has 5 heteroatoms. The van der Waals surface area contributed by atoms with E-state index in [2.05, 4.69) is 4.72 Å². The number of hydrogen-bond donors (Lipinski definition) is 2. The van der Waals surface area contributed by atoms with E-state index in [0.29, 0.717) is 19.4 Å². The Morgan fingerprint density at radius 2 is 1.87 bits per heavy atom. The zero-order valence-electron chi connectivity index (χ0n) is 10.2. The summed E-state index contributed by atoms with van der Waals surface area (Å²) in [5, 5.41) is 0. The van der Waals surface area contributed by atoms with Gasteiger partial charge in [-0.15, -0.1) is 0 Å². The van der Waals surface area contributed by atoms with Crippen molar-refractivity contribution in [1.82, 2.24) is 4.72 Å². The third-order valence-corrected chi connectivity index (χ3v) is 3.43. The quantitative estimate of drug-likeness (QED) is 0.725. The van der Waals surface area contributed by atoms with Gasteiger partial charge in [-0.25, -0.2) is 13.1 Å². The summed E-state index contributed by atoms with van der Waals surface area (Å²) in [6, 6.07) is 0.0373. The van der Waals surface area contributed by atoms with Gasteiger partial charge in [-0.3, -0.25) is 0 Å². The lowest BCUT2D eigenvalue weighted by Crippen LogP contribution is -2.31. The van der Waals surface area contributed by atoms with Crippen LogP contribution in [0.15, 0.2) is 0 Å². The van der Waals surface area contributed by atoms with Crippen molar-refractivity contribution in [3.63, 3.8) is 0 Å². The smallest absolute Gasteiger partial charge is 0.211 e. The van der Waals surface area contributed by atoms with Gasteiger partial charge in [0.15, 0.2) is 0 Å². The standard InChI is InChI=1S/C10H24N2O2S/c1-9(11)5-7-12-15(13,14)8-6-10(2,3)4/h9,12H,5-8,11H2,1-4H3/t9-/m0/s1. The van der Waals surface area contributed by atoms with E-state index >= 15 is 0 Å². The monoisotopic (exact) mass is 236 g/mol. The van der Waals surface area contributed by atoms with Gasteiger partial charge in [-0.2, -0.15) is 0 Å². The molecule has 0 unspecified atom stereocenters. The summed E-state index contributed by atoms with van der Waals surface area (Å²) in [7, 11) is -3.12. The first-order chi connectivity index (χ1) is 6.62. The fourth-order valence-corrected chi connectivity index (χ4v) is 2.41. The second-order valence-electron chi connectivity index (χ2n) is 5.29. The molecule has 0 aliphatic carbocycles. The van der Waals surface area contributed by atoms with Gasteiger partial charge in [0, 0.05) is 12.6 Å². The summed E-state index contributed by atoms with van der Waals surface area (Å²) in [5.74, 6) is 0.190. The van der Waals surface area contributed by atoms with Crippen molar-refractivity contribution in [2.24, 2.45) is 11.1 Å². The molecular weight excluding hydrogens is 212 g/mol. The zero-order valence-corrected chi connectivity index (χ0v) is 11.0. The minimum absolute atomic E-state index is 0.0373. The van der Waals surface area contributed by atoms with E-state index < -0.39 is 10.0 Å². The molecule has 0 aliphatic rings. The fourth-order valence-electron chi connectivity index (χ4n) is 0.955. The normalized spacial score (nSPS) is 15.3. The van der Waals surface area contributed by atoms with Crippen LogP contribution in [0, 0.1) is 5.41 Å². The molecule has 0 heterocycles. The molecule has 0 amide bonds. The molecule has 0 radical (unpaired) electrons. The molecule has 0 bridgehead atoms. The molecule has 92 valence electrons. The lowest BCUT2D eigenvalue weighted by Gasteiger charge is -2.18. The first-order valence-electron chi connectivity index (χ1n) is 5.35. The second-order valence-corrected chi connectivity index (χ2v) is 7.22. The van der Waals surface area contributed by atoms with Crippen molar-refractivity contribution in [2.45, 2.75) is 46.6 Å². The molecule has 0 aromatic rings. The number of nitrogens with two attached hydrogens (primary N) is 1. The Morgan fingerprint density at radius 1 is 1.33 bits per heavy atom. The number of hydrogen-bond acceptors (Lipinski definition) is 3. The van der Waals surface area contributed by atoms with Crippen LogP contribution in [0.1, 0.15) is 40.5 Å². The molecule has 0 rings (SSSR count). The van der Waals surface area contributed by atoms with E-state index in [1.165, 1.54) is 0 Å². The average molecular weight is 236 g/mol. The van der Waals surface area contributed by atoms with Crippen molar-refractivity contribution in [3.05, 3.63) is 0 Å². The van der Waals surface area contributed by atoms with E-state index in [0.717, 1.165) is 0 Å². The van der Waals surface area contributed by atoms with Gasteiger partial charge >= 0.3 is 0 Å². The van der Waals surface area contributed by atoms with Crippen LogP contribution in [0.2, 0.25) is 0 Å². The first-order valence-corrected chi connectivity index (χ1v) is 7.00. The van der Waals surface area contributed by atoms with E-state index in [9.17, 15) is 8.42 Å². The molecule has 3 N–H and O–H groups in total. The highest BCUT2D eigenvalue weighted by atomic mass is 32.2. The summed E-state index contributed by atoms with van der Waals surface area (Å²) >= 11 is 0. The molecule has 15 heavy (non-hydrogen) atoms. The zero-order chi connectivity index (χ0) is 12.1.